The van der Waals surface area contributed by atoms with Gasteiger partial charge in [0.2, 0.25) is 5.65 Å². The van der Waals surface area contributed by atoms with Gasteiger partial charge in [-0.2, -0.15) is 9.61 Å². The van der Waals surface area contributed by atoms with Crippen LogP contribution < -0.4 is 4.90 Å². The lowest BCUT2D eigenvalue weighted by atomic mass is 9.95. The number of hydrogen-bond donors (Lipinski definition) is 1. The Bertz CT molecular complexity index is 1140. The highest BCUT2D eigenvalue weighted by Crippen LogP contribution is 2.33. The van der Waals surface area contributed by atoms with Gasteiger partial charge in [0.05, 0.1) is 22.4 Å². The van der Waals surface area contributed by atoms with Crippen molar-refractivity contribution in [2.75, 3.05) is 18.0 Å². The van der Waals surface area contributed by atoms with Crippen LogP contribution in [0.25, 0.3) is 16.7 Å². The van der Waals surface area contributed by atoms with Crippen molar-refractivity contribution < 1.29 is 4.39 Å². The molecule has 8 heteroatoms. The van der Waals surface area contributed by atoms with E-state index in [4.69, 9.17) is 0 Å². The molecule has 0 amide bonds. The highest BCUT2D eigenvalue weighted by atomic mass is 19.1. The summed E-state index contributed by atoms with van der Waals surface area (Å²) in [6.07, 6.45) is 3.60. The van der Waals surface area contributed by atoms with Crippen molar-refractivity contribution in [1.82, 2.24) is 29.8 Å². The van der Waals surface area contributed by atoms with Crippen molar-refractivity contribution in [2.45, 2.75) is 32.6 Å². The smallest absolute Gasteiger partial charge is 0.201 e. The lowest BCUT2D eigenvalue weighted by molar-refractivity contribution is 0.489. The fraction of sp³-hybridized carbons (Fsp3) is 0.368. The first-order valence-corrected chi connectivity index (χ1v) is 9.17. The molecule has 7 nitrogen and oxygen atoms in total. The second-order valence-corrected chi connectivity index (χ2v) is 7.20. The zero-order valence-electron chi connectivity index (χ0n) is 15.3. The van der Waals surface area contributed by atoms with Gasteiger partial charge in [-0.1, -0.05) is 0 Å². The molecule has 3 aromatic heterocycles. The summed E-state index contributed by atoms with van der Waals surface area (Å²) in [5.41, 5.74) is 5.63. The Kier molecular flexibility index (Phi) is 3.60. The Morgan fingerprint density at radius 3 is 2.81 bits per heavy atom. The summed E-state index contributed by atoms with van der Waals surface area (Å²) in [6.45, 7) is 5.91. The van der Waals surface area contributed by atoms with Gasteiger partial charge in [0, 0.05) is 19.0 Å². The number of halogens is 1. The molecule has 4 aromatic rings. The first-order chi connectivity index (χ1) is 13.1. The number of piperidine rings is 1. The normalized spacial score (nSPS) is 15.9. The molecule has 1 N–H and O–H groups in total. The molecule has 1 aliphatic heterocycles. The van der Waals surface area contributed by atoms with E-state index in [1.165, 1.54) is 12.1 Å². The monoisotopic (exact) mass is 365 g/mol. The maximum absolute atomic E-state index is 13.4. The van der Waals surface area contributed by atoms with E-state index in [-0.39, 0.29) is 5.82 Å². The predicted molar refractivity (Wildman–Crippen MR) is 100 cm³/mol. The average Bonchev–Trinajstić information content (AvgIpc) is 3.29. The molecule has 138 valence electrons. The van der Waals surface area contributed by atoms with Crippen molar-refractivity contribution in [3.63, 3.8) is 0 Å². The van der Waals surface area contributed by atoms with Gasteiger partial charge in [0.15, 0.2) is 0 Å². The SMILES string of the molecule is Cc1nn2cnnc2c(N2CCC(c3nc4ccc(F)cc4[nH]3)CC2)c1C. The van der Waals surface area contributed by atoms with Gasteiger partial charge in [-0.15, -0.1) is 10.2 Å². The molecule has 4 heterocycles. The minimum absolute atomic E-state index is 0.242. The molecule has 1 fully saturated rings. The van der Waals surface area contributed by atoms with Gasteiger partial charge in [0.25, 0.3) is 0 Å². The molecule has 0 atom stereocenters. The molecule has 0 bridgehead atoms. The van der Waals surface area contributed by atoms with Crippen LogP contribution in [0.1, 0.15) is 35.8 Å². The molecule has 0 saturated carbocycles. The lowest BCUT2D eigenvalue weighted by Crippen LogP contribution is -2.34. The summed E-state index contributed by atoms with van der Waals surface area (Å²) in [6, 6.07) is 4.69. The summed E-state index contributed by atoms with van der Waals surface area (Å²) in [5, 5.41) is 12.8. The standard InChI is InChI=1S/C19H20FN7/c1-11-12(2)25-27-10-21-24-19(27)17(11)26-7-5-13(6-8-26)18-22-15-4-3-14(20)9-16(15)23-18/h3-4,9-10,13H,5-8H2,1-2H3,(H,22,23). The van der Waals surface area contributed by atoms with Crippen LogP contribution in [-0.4, -0.2) is 42.9 Å². The van der Waals surface area contributed by atoms with E-state index in [9.17, 15) is 4.39 Å². The lowest BCUT2D eigenvalue weighted by Gasteiger charge is -2.33. The van der Waals surface area contributed by atoms with Crippen LogP contribution in [0.5, 0.6) is 0 Å². The van der Waals surface area contributed by atoms with E-state index in [2.05, 4.69) is 37.1 Å². The zero-order valence-corrected chi connectivity index (χ0v) is 15.3. The highest BCUT2D eigenvalue weighted by molar-refractivity contribution is 5.75. The molecule has 1 aromatic carbocycles. The summed E-state index contributed by atoms with van der Waals surface area (Å²) in [7, 11) is 0. The Balaban J connectivity index is 1.41. The fourth-order valence-electron chi connectivity index (χ4n) is 3.98. The van der Waals surface area contributed by atoms with Gasteiger partial charge in [-0.25, -0.2) is 9.37 Å². The summed E-state index contributed by atoms with van der Waals surface area (Å²) in [5.74, 6) is 1.05. The van der Waals surface area contributed by atoms with Crippen molar-refractivity contribution in [3.05, 3.63) is 47.4 Å². The Morgan fingerprint density at radius 2 is 2.00 bits per heavy atom. The van der Waals surface area contributed by atoms with E-state index in [0.29, 0.717) is 5.92 Å². The van der Waals surface area contributed by atoms with Crippen molar-refractivity contribution in [1.29, 1.82) is 0 Å². The number of anilines is 1. The molecular formula is C19H20FN7. The minimum Gasteiger partial charge on any atom is -0.368 e. The minimum atomic E-state index is -0.242. The topological polar surface area (TPSA) is 75.0 Å². The number of fused-ring (bicyclic) bond motifs is 2. The Hall–Kier alpha value is -3.03. The second kappa shape index (κ2) is 6.00. The van der Waals surface area contributed by atoms with Gasteiger partial charge in [0.1, 0.15) is 18.0 Å². The number of H-pyrrole nitrogens is 1. The van der Waals surface area contributed by atoms with Crippen LogP contribution in [0, 0.1) is 19.7 Å². The third-order valence-electron chi connectivity index (χ3n) is 5.56. The van der Waals surface area contributed by atoms with Crippen LogP contribution >= 0.6 is 0 Å². The molecule has 0 spiro atoms. The van der Waals surface area contributed by atoms with Crippen molar-refractivity contribution >= 4 is 22.4 Å². The number of nitrogens with zero attached hydrogens (tertiary/aromatic N) is 6. The third-order valence-corrected chi connectivity index (χ3v) is 5.56. The van der Waals surface area contributed by atoms with Crippen LogP contribution in [-0.2, 0) is 0 Å². The molecule has 1 saturated heterocycles. The number of nitrogens with one attached hydrogen (secondary N) is 1. The van der Waals surface area contributed by atoms with E-state index in [1.807, 2.05) is 6.92 Å². The van der Waals surface area contributed by atoms with Crippen molar-refractivity contribution in [3.8, 4) is 0 Å². The molecule has 27 heavy (non-hydrogen) atoms. The van der Waals surface area contributed by atoms with E-state index in [0.717, 1.165) is 65.4 Å². The van der Waals surface area contributed by atoms with Crippen LogP contribution in [0.4, 0.5) is 10.1 Å². The molecule has 5 rings (SSSR count). The number of hydrogen-bond acceptors (Lipinski definition) is 5. The number of aromatic nitrogens is 6. The van der Waals surface area contributed by atoms with Crippen LogP contribution in [0.15, 0.2) is 24.5 Å². The van der Waals surface area contributed by atoms with Gasteiger partial charge in [-0.3, -0.25) is 0 Å². The number of imidazole rings is 1. The van der Waals surface area contributed by atoms with Crippen molar-refractivity contribution in [2.24, 2.45) is 0 Å². The Labute approximate surface area is 155 Å². The van der Waals surface area contributed by atoms with E-state index in [1.54, 1.807) is 16.9 Å². The predicted octanol–water partition coefficient (Wildman–Crippen LogP) is 3.14. The molecule has 0 unspecified atom stereocenters. The average molecular weight is 365 g/mol. The number of benzene rings is 1. The molecular weight excluding hydrogens is 345 g/mol. The summed E-state index contributed by atoms with van der Waals surface area (Å²) >= 11 is 0. The number of aryl methyl sites for hydroxylation is 1. The Morgan fingerprint density at radius 1 is 1.19 bits per heavy atom. The fourth-order valence-corrected chi connectivity index (χ4v) is 3.98. The molecule has 1 aliphatic rings. The third kappa shape index (κ3) is 2.63. The molecule has 0 aliphatic carbocycles. The zero-order chi connectivity index (χ0) is 18.5. The summed E-state index contributed by atoms with van der Waals surface area (Å²) < 4.78 is 15.2. The number of aromatic amines is 1. The second-order valence-electron chi connectivity index (χ2n) is 7.20. The summed E-state index contributed by atoms with van der Waals surface area (Å²) in [4.78, 5) is 10.3. The maximum atomic E-state index is 13.4. The quantitative estimate of drug-likeness (QED) is 0.591. The van der Waals surface area contributed by atoms with Crippen LogP contribution in [0.3, 0.4) is 0 Å². The number of rotatable bonds is 2. The van der Waals surface area contributed by atoms with Gasteiger partial charge in [-0.05, 0) is 50.5 Å². The largest absolute Gasteiger partial charge is 0.368 e. The first kappa shape index (κ1) is 16.2. The van der Waals surface area contributed by atoms with E-state index < -0.39 is 0 Å². The highest BCUT2D eigenvalue weighted by Gasteiger charge is 2.26. The van der Waals surface area contributed by atoms with Gasteiger partial charge >= 0.3 is 0 Å². The first-order valence-electron chi connectivity index (χ1n) is 9.17. The van der Waals surface area contributed by atoms with Crippen LogP contribution in [0.2, 0.25) is 0 Å². The van der Waals surface area contributed by atoms with E-state index >= 15 is 0 Å². The van der Waals surface area contributed by atoms with Gasteiger partial charge < -0.3 is 9.88 Å². The molecule has 0 radical (unpaired) electrons. The maximum Gasteiger partial charge on any atom is 0.201 e.